The number of thiazole rings is 1. The second-order valence-electron chi connectivity index (χ2n) is 4.70. The Bertz CT molecular complexity index is 816. The SMILES string of the molecule is Cc1nc(CN(C)c2cc([N+](=O)[O-])cc(S(N)(=O)=O)c2)cs1. The average molecular weight is 342 g/mol. The van der Waals surface area contributed by atoms with E-state index in [4.69, 9.17) is 5.14 Å². The largest absolute Gasteiger partial charge is 0.368 e. The molecule has 0 aliphatic heterocycles. The number of primary sulfonamides is 1. The van der Waals surface area contributed by atoms with Crippen LogP contribution in [0, 0.1) is 17.0 Å². The molecule has 0 atom stereocenters. The van der Waals surface area contributed by atoms with Gasteiger partial charge in [0.25, 0.3) is 5.69 Å². The summed E-state index contributed by atoms with van der Waals surface area (Å²) in [6.45, 7) is 2.27. The maximum absolute atomic E-state index is 11.5. The number of nitrogens with zero attached hydrogens (tertiary/aromatic N) is 3. The van der Waals surface area contributed by atoms with E-state index < -0.39 is 14.9 Å². The molecule has 10 heteroatoms. The zero-order valence-corrected chi connectivity index (χ0v) is 13.5. The lowest BCUT2D eigenvalue weighted by atomic mass is 10.2. The van der Waals surface area contributed by atoms with Crippen molar-refractivity contribution in [1.29, 1.82) is 0 Å². The normalized spacial score (nSPS) is 11.4. The van der Waals surface area contributed by atoms with E-state index in [-0.39, 0.29) is 10.6 Å². The summed E-state index contributed by atoms with van der Waals surface area (Å²) in [4.78, 5) is 16.0. The van der Waals surface area contributed by atoms with Crippen molar-refractivity contribution in [3.8, 4) is 0 Å². The summed E-state index contributed by atoms with van der Waals surface area (Å²) < 4.78 is 22.9. The summed E-state index contributed by atoms with van der Waals surface area (Å²) in [5.41, 5.74) is 0.848. The van der Waals surface area contributed by atoms with Gasteiger partial charge in [-0.05, 0) is 13.0 Å². The van der Waals surface area contributed by atoms with Crippen molar-refractivity contribution >= 4 is 32.7 Å². The van der Waals surface area contributed by atoms with Gasteiger partial charge in [-0.25, -0.2) is 18.5 Å². The topological polar surface area (TPSA) is 119 Å². The Morgan fingerprint density at radius 3 is 2.59 bits per heavy atom. The van der Waals surface area contributed by atoms with Gasteiger partial charge in [0.15, 0.2) is 0 Å². The minimum Gasteiger partial charge on any atom is -0.368 e. The first-order valence-electron chi connectivity index (χ1n) is 6.11. The van der Waals surface area contributed by atoms with Crippen LogP contribution in [-0.4, -0.2) is 25.4 Å². The van der Waals surface area contributed by atoms with Crippen LogP contribution in [0.1, 0.15) is 10.7 Å². The molecule has 0 radical (unpaired) electrons. The van der Waals surface area contributed by atoms with E-state index in [2.05, 4.69) is 4.98 Å². The van der Waals surface area contributed by atoms with E-state index in [9.17, 15) is 18.5 Å². The lowest BCUT2D eigenvalue weighted by molar-refractivity contribution is -0.385. The third-order valence-electron chi connectivity index (χ3n) is 2.92. The molecular weight excluding hydrogens is 328 g/mol. The number of aromatic nitrogens is 1. The highest BCUT2D eigenvalue weighted by Crippen LogP contribution is 2.26. The maximum Gasteiger partial charge on any atom is 0.272 e. The van der Waals surface area contributed by atoms with Gasteiger partial charge in [-0.2, -0.15) is 0 Å². The molecular formula is C12H14N4O4S2. The second kappa shape index (κ2) is 5.99. The van der Waals surface area contributed by atoms with E-state index in [0.717, 1.165) is 16.8 Å². The number of anilines is 1. The summed E-state index contributed by atoms with van der Waals surface area (Å²) >= 11 is 1.50. The van der Waals surface area contributed by atoms with Crippen molar-refractivity contribution in [2.24, 2.45) is 5.14 Å². The number of hydrogen-bond acceptors (Lipinski definition) is 7. The highest BCUT2D eigenvalue weighted by atomic mass is 32.2. The second-order valence-corrected chi connectivity index (χ2v) is 7.32. The monoisotopic (exact) mass is 342 g/mol. The van der Waals surface area contributed by atoms with Crippen molar-refractivity contribution in [3.63, 3.8) is 0 Å². The predicted octanol–water partition coefficient (Wildman–Crippen LogP) is 1.64. The Balaban J connectivity index is 2.40. The summed E-state index contributed by atoms with van der Waals surface area (Å²) in [6.07, 6.45) is 0. The molecule has 0 unspecified atom stereocenters. The fourth-order valence-electron chi connectivity index (χ4n) is 1.87. The van der Waals surface area contributed by atoms with Gasteiger partial charge in [-0.15, -0.1) is 11.3 Å². The van der Waals surface area contributed by atoms with Crippen LogP contribution in [0.3, 0.4) is 0 Å². The van der Waals surface area contributed by atoms with Gasteiger partial charge >= 0.3 is 0 Å². The molecule has 0 fully saturated rings. The van der Waals surface area contributed by atoms with Gasteiger partial charge in [0.1, 0.15) is 0 Å². The first kappa shape index (κ1) is 16.3. The predicted molar refractivity (Wildman–Crippen MR) is 83.4 cm³/mol. The molecule has 1 aromatic heterocycles. The Kier molecular flexibility index (Phi) is 4.44. The van der Waals surface area contributed by atoms with Crippen molar-refractivity contribution in [3.05, 3.63) is 44.4 Å². The molecule has 1 aromatic carbocycles. The van der Waals surface area contributed by atoms with Gasteiger partial charge in [-0.3, -0.25) is 10.1 Å². The van der Waals surface area contributed by atoms with Crippen molar-refractivity contribution < 1.29 is 13.3 Å². The van der Waals surface area contributed by atoms with E-state index in [0.29, 0.717) is 12.2 Å². The first-order valence-corrected chi connectivity index (χ1v) is 8.54. The van der Waals surface area contributed by atoms with Gasteiger partial charge < -0.3 is 4.90 Å². The Labute approximate surface area is 131 Å². The Hall–Kier alpha value is -2.04. The van der Waals surface area contributed by atoms with Gasteiger partial charge in [0, 0.05) is 30.2 Å². The van der Waals surface area contributed by atoms with E-state index in [1.54, 1.807) is 11.9 Å². The molecule has 22 heavy (non-hydrogen) atoms. The molecule has 0 aliphatic carbocycles. The van der Waals surface area contributed by atoms with Crippen LogP contribution in [0.15, 0.2) is 28.5 Å². The lowest BCUT2D eigenvalue weighted by Crippen LogP contribution is -2.18. The summed E-state index contributed by atoms with van der Waals surface area (Å²) in [7, 11) is -2.33. The fourth-order valence-corrected chi connectivity index (χ4v) is 3.05. The third kappa shape index (κ3) is 3.78. The standard InChI is InChI=1S/C12H14N4O4S2/c1-8-14-9(7-21-8)6-15(2)10-3-11(16(17)18)5-12(4-10)22(13,19)20/h3-5,7H,6H2,1-2H3,(H2,13,19,20). The molecule has 1 heterocycles. The molecule has 0 saturated carbocycles. The zero-order chi connectivity index (χ0) is 16.5. The van der Waals surface area contributed by atoms with Gasteiger partial charge in [0.05, 0.1) is 27.1 Å². The van der Waals surface area contributed by atoms with Crippen LogP contribution < -0.4 is 10.0 Å². The van der Waals surface area contributed by atoms with Crippen molar-refractivity contribution in [2.45, 2.75) is 18.4 Å². The molecule has 2 N–H and O–H groups in total. The summed E-state index contributed by atoms with van der Waals surface area (Å²) in [6, 6.07) is 3.55. The highest BCUT2D eigenvalue weighted by Gasteiger charge is 2.18. The Morgan fingerprint density at radius 1 is 1.41 bits per heavy atom. The first-order chi connectivity index (χ1) is 10.2. The van der Waals surface area contributed by atoms with Crippen LogP contribution in [0.4, 0.5) is 11.4 Å². The molecule has 0 spiro atoms. The number of benzene rings is 1. The minimum atomic E-state index is -4.03. The molecule has 0 aliphatic rings. The quantitative estimate of drug-likeness (QED) is 0.651. The number of aryl methyl sites for hydroxylation is 1. The highest BCUT2D eigenvalue weighted by molar-refractivity contribution is 7.89. The van der Waals surface area contributed by atoms with Crippen molar-refractivity contribution in [1.82, 2.24) is 4.98 Å². The number of non-ortho nitro benzene ring substituents is 1. The van der Waals surface area contributed by atoms with Crippen LogP contribution in [0.5, 0.6) is 0 Å². The minimum absolute atomic E-state index is 0.294. The van der Waals surface area contributed by atoms with E-state index in [1.165, 1.54) is 23.5 Å². The smallest absolute Gasteiger partial charge is 0.272 e. The maximum atomic E-state index is 11.5. The van der Waals surface area contributed by atoms with Crippen LogP contribution in [-0.2, 0) is 16.6 Å². The molecule has 0 saturated heterocycles. The molecule has 0 amide bonds. The van der Waals surface area contributed by atoms with Gasteiger partial charge in [0.2, 0.25) is 10.0 Å². The lowest BCUT2D eigenvalue weighted by Gasteiger charge is -2.18. The molecule has 118 valence electrons. The number of hydrogen-bond donors (Lipinski definition) is 1. The Morgan fingerprint density at radius 2 is 2.09 bits per heavy atom. The third-order valence-corrected chi connectivity index (χ3v) is 4.64. The molecule has 2 aromatic rings. The van der Waals surface area contributed by atoms with Crippen LogP contribution >= 0.6 is 11.3 Å². The number of sulfonamides is 1. The van der Waals surface area contributed by atoms with Crippen LogP contribution in [0.2, 0.25) is 0 Å². The summed E-state index contributed by atoms with van der Waals surface area (Å²) in [5.74, 6) is 0. The zero-order valence-electron chi connectivity index (χ0n) is 11.9. The van der Waals surface area contributed by atoms with E-state index in [1.807, 2.05) is 12.3 Å². The number of nitro benzene ring substituents is 1. The van der Waals surface area contributed by atoms with Crippen molar-refractivity contribution in [2.75, 3.05) is 11.9 Å². The average Bonchev–Trinajstić information content (AvgIpc) is 2.82. The molecule has 8 nitrogen and oxygen atoms in total. The van der Waals surface area contributed by atoms with Crippen LogP contribution in [0.25, 0.3) is 0 Å². The molecule has 2 rings (SSSR count). The van der Waals surface area contributed by atoms with Gasteiger partial charge in [-0.1, -0.05) is 0 Å². The number of nitro groups is 1. The fraction of sp³-hybridized carbons (Fsp3) is 0.250. The summed E-state index contributed by atoms with van der Waals surface area (Å²) in [5, 5.41) is 18.8. The molecule has 0 bridgehead atoms. The van der Waals surface area contributed by atoms with E-state index >= 15 is 0 Å². The number of rotatable bonds is 5. The number of nitrogens with two attached hydrogens (primary N) is 1.